The third-order valence-electron chi connectivity index (χ3n) is 12.0. The van der Waals surface area contributed by atoms with Crippen molar-refractivity contribution < 1.29 is 76.8 Å². The van der Waals surface area contributed by atoms with Crippen LogP contribution in [0.2, 0.25) is 0 Å². The van der Waals surface area contributed by atoms with Crippen LogP contribution in [0.5, 0.6) is 46.0 Å². The van der Waals surface area contributed by atoms with Crippen LogP contribution < -0.4 is 48.5 Å². The lowest BCUT2D eigenvalue weighted by Crippen LogP contribution is -2.49. The highest BCUT2D eigenvalue weighted by Crippen LogP contribution is 2.44. The molecule has 6 rings (SSSR count). The quantitative estimate of drug-likeness (QED) is 0.0696. The van der Waals surface area contributed by atoms with Crippen LogP contribution in [-0.2, 0) is 65.4 Å². The van der Waals surface area contributed by atoms with Gasteiger partial charge in [0, 0.05) is 37.0 Å². The average Bonchev–Trinajstić information content (AvgIpc) is 3.36. The SMILES string of the molecule is COC(=O)CCC1(Cc2ccc(OC)c(OC)c2)NCCc2cc(OC)c(OC)cc21.COC(=O)CCC1(Cc2ccc(OC)c(OC)c2)NCCc2cc(OC)c(OC)cc21.O=C(O)C(=O)O. The van der Waals surface area contributed by atoms with Gasteiger partial charge in [-0.25, -0.2) is 9.59 Å². The maximum absolute atomic E-state index is 12.0. The second kappa shape index (κ2) is 25.3. The van der Waals surface area contributed by atoms with Crippen molar-refractivity contribution in [1.29, 1.82) is 0 Å². The van der Waals surface area contributed by atoms with E-state index in [2.05, 4.69) is 10.6 Å². The Morgan fingerprint density at radius 1 is 0.456 bits per heavy atom. The second-order valence-corrected chi connectivity index (χ2v) is 15.7. The average molecular weight is 949 g/mol. The Labute approximate surface area is 397 Å². The lowest BCUT2D eigenvalue weighted by molar-refractivity contribution is -0.159. The first-order chi connectivity index (χ1) is 32.6. The van der Waals surface area contributed by atoms with E-state index in [9.17, 15) is 9.59 Å². The highest BCUT2D eigenvalue weighted by atomic mass is 16.5. The molecule has 2 aliphatic rings. The summed E-state index contributed by atoms with van der Waals surface area (Å²) < 4.78 is 53.8. The summed E-state index contributed by atoms with van der Waals surface area (Å²) in [5.41, 5.74) is 5.77. The Morgan fingerprint density at radius 2 is 0.765 bits per heavy atom. The number of hydrogen-bond acceptors (Lipinski definition) is 16. The van der Waals surface area contributed by atoms with Crippen LogP contribution in [0.1, 0.15) is 59.1 Å². The predicted molar refractivity (Wildman–Crippen MR) is 250 cm³/mol. The van der Waals surface area contributed by atoms with E-state index >= 15 is 0 Å². The zero-order valence-electron chi connectivity index (χ0n) is 40.5. The van der Waals surface area contributed by atoms with Crippen LogP contribution in [0, 0.1) is 0 Å². The van der Waals surface area contributed by atoms with Gasteiger partial charge in [-0.15, -0.1) is 0 Å². The zero-order chi connectivity index (χ0) is 50.0. The number of nitrogens with one attached hydrogen (secondary N) is 2. The number of carboxylic acids is 2. The fourth-order valence-corrected chi connectivity index (χ4v) is 8.66. The summed E-state index contributed by atoms with van der Waals surface area (Å²) in [7, 11) is 15.9. The van der Waals surface area contributed by atoms with E-state index in [0.717, 1.165) is 48.2 Å². The van der Waals surface area contributed by atoms with Gasteiger partial charge in [0.2, 0.25) is 0 Å². The minimum absolute atomic E-state index is 0.235. The van der Waals surface area contributed by atoms with Crippen molar-refractivity contribution in [2.75, 3.05) is 84.2 Å². The van der Waals surface area contributed by atoms with Crippen LogP contribution in [0.4, 0.5) is 0 Å². The lowest BCUT2D eigenvalue weighted by Gasteiger charge is -2.41. The van der Waals surface area contributed by atoms with Crippen LogP contribution in [-0.4, -0.2) is 118 Å². The maximum Gasteiger partial charge on any atom is 0.414 e. The molecular formula is C50H64N2O16. The number of fused-ring (bicyclic) bond motifs is 2. The molecule has 68 heavy (non-hydrogen) atoms. The molecule has 370 valence electrons. The molecule has 18 nitrogen and oxygen atoms in total. The first-order valence-electron chi connectivity index (χ1n) is 21.7. The smallest absolute Gasteiger partial charge is 0.414 e. The number of esters is 2. The first kappa shape index (κ1) is 53.7. The van der Waals surface area contributed by atoms with Crippen LogP contribution in [0.3, 0.4) is 0 Å². The summed E-state index contributed by atoms with van der Waals surface area (Å²) in [6.45, 7) is 1.58. The third kappa shape index (κ3) is 13.2. The van der Waals surface area contributed by atoms with Crippen LogP contribution >= 0.6 is 0 Å². The summed E-state index contributed by atoms with van der Waals surface area (Å²) in [4.78, 5) is 42.3. The summed E-state index contributed by atoms with van der Waals surface area (Å²) in [6, 6.07) is 19.9. The first-order valence-corrected chi connectivity index (χ1v) is 21.7. The minimum Gasteiger partial charge on any atom is -0.493 e. The second-order valence-electron chi connectivity index (χ2n) is 15.7. The Kier molecular flexibility index (Phi) is 20.0. The van der Waals surface area contributed by atoms with Crippen molar-refractivity contribution in [3.63, 3.8) is 0 Å². The molecular weight excluding hydrogens is 885 g/mol. The Balaban J connectivity index is 0.000000265. The monoisotopic (exact) mass is 948 g/mol. The maximum atomic E-state index is 12.0. The number of carbonyl (C=O) groups excluding carboxylic acids is 2. The molecule has 2 heterocycles. The standard InChI is InChI=1S/2C24H31NO6.C2H2O4/c2*1-27-19-7-6-16(12-20(19)28-2)15-24(10-8-23(26)31-5)18-14-22(30-4)21(29-3)13-17(18)9-11-25-24;3-1(4)2(5)6/h2*6-7,12-14,25H,8-11,15H2,1-5H3;(H,3,4)(H,5,6). The molecule has 0 saturated carbocycles. The largest absolute Gasteiger partial charge is 0.493 e. The van der Waals surface area contributed by atoms with E-state index in [4.69, 9.17) is 67.2 Å². The number of hydrogen-bond donors (Lipinski definition) is 4. The molecule has 0 saturated heterocycles. The van der Waals surface area contributed by atoms with Crippen LogP contribution in [0.15, 0.2) is 60.7 Å². The van der Waals surface area contributed by atoms with Crippen molar-refractivity contribution in [2.45, 2.75) is 62.4 Å². The van der Waals surface area contributed by atoms with E-state index in [-0.39, 0.29) is 11.9 Å². The highest BCUT2D eigenvalue weighted by molar-refractivity contribution is 6.27. The number of ether oxygens (including phenoxy) is 10. The summed E-state index contributed by atoms with van der Waals surface area (Å²) in [5.74, 6) is 1.33. The van der Waals surface area contributed by atoms with Crippen molar-refractivity contribution in [1.82, 2.24) is 10.6 Å². The molecule has 2 atom stereocenters. The fraction of sp³-hybridized carbons (Fsp3) is 0.440. The summed E-state index contributed by atoms with van der Waals surface area (Å²) in [5, 5.41) is 22.2. The normalized spacial score (nSPS) is 16.6. The molecule has 18 heteroatoms. The van der Waals surface area contributed by atoms with Gasteiger partial charge >= 0.3 is 23.9 Å². The Morgan fingerprint density at radius 3 is 1.06 bits per heavy atom. The number of carbonyl (C=O) groups is 4. The predicted octanol–water partition coefficient (Wildman–Crippen LogP) is 5.67. The van der Waals surface area contributed by atoms with E-state index in [1.54, 1.807) is 56.9 Å². The van der Waals surface area contributed by atoms with Gasteiger partial charge in [0.1, 0.15) is 0 Å². The molecule has 2 aliphatic heterocycles. The third-order valence-corrected chi connectivity index (χ3v) is 12.0. The van der Waals surface area contributed by atoms with Crippen molar-refractivity contribution in [3.8, 4) is 46.0 Å². The summed E-state index contributed by atoms with van der Waals surface area (Å²) >= 11 is 0. The number of rotatable bonds is 18. The number of aliphatic carboxylic acids is 2. The molecule has 0 aliphatic carbocycles. The molecule has 2 unspecified atom stereocenters. The van der Waals surface area contributed by atoms with E-state index in [0.29, 0.717) is 84.5 Å². The Bertz CT molecular complexity index is 2210. The molecule has 0 amide bonds. The molecule has 4 aromatic rings. The fourth-order valence-electron chi connectivity index (χ4n) is 8.66. The Hall–Kier alpha value is -6.92. The van der Waals surface area contributed by atoms with Crippen molar-refractivity contribution in [2.24, 2.45) is 0 Å². The molecule has 0 fully saturated rings. The van der Waals surface area contributed by atoms with E-state index < -0.39 is 23.0 Å². The van der Waals surface area contributed by atoms with Gasteiger partial charge in [0.25, 0.3) is 0 Å². The van der Waals surface area contributed by atoms with Gasteiger partial charge in [0.05, 0.1) is 71.1 Å². The van der Waals surface area contributed by atoms with Gasteiger partial charge in [-0.3, -0.25) is 9.59 Å². The van der Waals surface area contributed by atoms with Gasteiger partial charge < -0.3 is 68.2 Å². The summed E-state index contributed by atoms with van der Waals surface area (Å²) in [6.07, 6.45) is 4.80. The molecule has 4 N–H and O–H groups in total. The minimum atomic E-state index is -1.82. The van der Waals surface area contributed by atoms with E-state index in [1.165, 1.54) is 25.3 Å². The van der Waals surface area contributed by atoms with Gasteiger partial charge in [-0.2, -0.15) is 0 Å². The van der Waals surface area contributed by atoms with Crippen molar-refractivity contribution in [3.05, 3.63) is 94.0 Å². The van der Waals surface area contributed by atoms with Crippen LogP contribution in [0.25, 0.3) is 0 Å². The van der Waals surface area contributed by atoms with Crippen molar-refractivity contribution >= 4 is 23.9 Å². The highest BCUT2D eigenvalue weighted by Gasteiger charge is 2.40. The molecule has 0 spiro atoms. The zero-order valence-corrected chi connectivity index (χ0v) is 40.5. The lowest BCUT2D eigenvalue weighted by atomic mass is 9.75. The van der Waals surface area contributed by atoms with Gasteiger partial charge in [-0.1, -0.05) is 12.1 Å². The van der Waals surface area contributed by atoms with Gasteiger partial charge in [0.15, 0.2) is 46.0 Å². The molecule has 0 aromatic heterocycles. The number of carboxylic acid groups (broad SMARTS) is 2. The molecule has 0 radical (unpaired) electrons. The molecule has 4 aromatic carbocycles. The molecule has 0 bridgehead atoms. The topological polar surface area (TPSA) is 225 Å². The number of methoxy groups -OCH3 is 10. The van der Waals surface area contributed by atoms with E-state index in [1.807, 2.05) is 60.7 Å². The number of benzene rings is 4. The van der Waals surface area contributed by atoms with Gasteiger partial charge in [-0.05, 0) is 120 Å².